The highest BCUT2D eigenvalue weighted by Gasteiger charge is 2.45. The Morgan fingerprint density at radius 2 is 2.09 bits per heavy atom. The van der Waals surface area contributed by atoms with Crippen molar-refractivity contribution in [2.75, 3.05) is 0 Å². The number of cyclic esters (lactones) is 1. The molecule has 3 aromatic heterocycles. The lowest BCUT2D eigenvalue weighted by atomic mass is 9.86. The first kappa shape index (κ1) is 19.8. The van der Waals surface area contributed by atoms with E-state index in [1.807, 2.05) is 0 Å². The summed E-state index contributed by atoms with van der Waals surface area (Å²) < 4.78 is 21.1. The molecular weight excluding hydrogens is 427 g/mol. The van der Waals surface area contributed by atoms with Crippen molar-refractivity contribution in [1.82, 2.24) is 19.7 Å². The maximum absolute atomic E-state index is 14.5. The molecule has 9 heteroatoms. The first-order valence-corrected chi connectivity index (χ1v) is 10.6. The fourth-order valence-electron chi connectivity index (χ4n) is 4.93. The molecule has 0 aliphatic carbocycles. The summed E-state index contributed by atoms with van der Waals surface area (Å²) in [5.74, 6) is -1.15. The Morgan fingerprint density at radius 1 is 1.27 bits per heavy atom. The molecule has 0 radical (unpaired) electrons. The average Bonchev–Trinajstić information content (AvgIpc) is 3.45. The number of nitrogens with one attached hydrogen (secondary N) is 1. The summed E-state index contributed by atoms with van der Waals surface area (Å²) in [6.45, 7) is 3.40. The van der Waals surface area contributed by atoms with Crippen LogP contribution in [0.2, 0.25) is 0 Å². The molecule has 8 nitrogen and oxygen atoms in total. The van der Waals surface area contributed by atoms with Gasteiger partial charge in [-0.3, -0.25) is 9.89 Å². The lowest BCUT2D eigenvalue weighted by molar-refractivity contribution is -0.172. The van der Waals surface area contributed by atoms with E-state index in [1.165, 1.54) is 6.07 Å². The number of aromatic amines is 1. The predicted molar refractivity (Wildman–Crippen MR) is 117 cm³/mol. The highest BCUT2D eigenvalue weighted by Crippen LogP contribution is 2.43. The average molecular weight is 446 g/mol. The zero-order chi connectivity index (χ0) is 23.1. The van der Waals surface area contributed by atoms with Crippen LogP contribution in [0.15, 0.2) is 35.4 Å². The highest BCUT2D eigenvalue weighted by atomic mass is 19.1. The summed E-state index contributed by atoms with van der Waals surface area (Å²) in [5.41, 5.74) is 2.56. The van der Waals surface area contributed by atoms with Crippen LogP contribution in [0.5, 0.6) is 0 Å². The number of halogens is 1. The lowest BCUT2D eigenvalue weighted by Crippen LogP contribution is -2.44. The Morgan fingerprint density at radius 3 is 2.82 bits per heavy atom. The van der Waals surface area contributed by atoms with E-state index in [0.717, 1.165) is 22.1 Å². The molecule has 1 atom stereocenters. The fraction of sp³-hybridized carbons (Fsp3) is 0.250. The molecule has 4 aromatic rings. The van der Waals surface area contributed by atoms with Crippen molar-refractivity contribution in [3.63, 3.8) is 0 Å². The van der Waals surface area contributed by atoms with Crippen LogP contribution in [0.4, 0.5) is 4.39 Å². The second-order valence-corrected chi connectivity index (χ2v) is 8.52. The van der Waals surface area contributed by atoms with Crippen LogP contribution in [0.25, 0.3) is 33.4 Å². The number of aliphatic hydroxyl groups is 1. The molecular formula is C24H19FN4O4. The van der Waals surface area contributed by atoms with E-state index in [9.17, 15) is 19.1 Å². The fourth-order valence-corrected chi connectivity index (χ4v) is 4.93. The van der Waals surface area contributed by atoms with Gasteiger partial charge in [-0.2, -0.15) is 5.10 Å². The van der Waals surface area contributed by atoms with Gasteiger partial charge in [0.1, 0.15) is 12.4 Å². The largest absolute Gasteiger partial charge is 0.458 e. The van der Waals surface area contributed by atoms with E-state index in [-0.39, 0.29) is 42.1 Å². The SMILES string of the molecule is CC[C@@]1(O)C(=O)OCc2c1cc1n(c2=O)Cc2c-1nc1cc(F)c(C)cc1c2-c1cn[nH]c1. The zero-order valence-electron chi connectivity index (χ0n) is 17.9. The maximum Gasteiger partial charge on any atom is 0.343 e. The molecule has 166 valence electrons. The number of fused-ring (bicyclic) bond motifs is 5. The summed E-state index contributed by atoms with van der Waals surface area (Å²) >= 11 is 0. The molecule has 0 spiro atoms. The zero-order valence-corrected chi connectivity index (χ0v) is 17.9. The summed E-state index contributed by atoms with van der Waals surface area (Å²) in [6, 6.07) is 4.78. The van der Waals surface area contributed by atoms with Gasteiger partial charge >= 0.3 is 5.97 Å². The number of pyridine rings is 2. The second kappa shape index (κ2) is 6.58. The summed E-state index contributed by atoms with van der Waals surface area (Å²) in [6.07, 6.45) is 3.48. The van der Waals surface area contributed by atoms with Crippen molar-refractivity contribution in [3.8, 4) is 22.5 Å². The van der Waals surface area contributed by atoms with E-state index in [4.69, 9.17) is 9.72 Å². The van der Waals surface area contributed by atoms with Gasteiger partial charge in [0.05, 0.1) is 35.2 Å². The molecule has 0 fully saturated rings. The van der Waals surface area contributed by atoms with Crippen molar-refractivity contribution in [2.24, 2.45) is 0 Å². The molecule has 2 N–H and O–H groups in total. The minimum absolute atomic E-state index is 0.0600. The molecule has 0 saturated carbocycles. The van der Waals surface area contributed by atoms with E-state index < -0.39 is 11.6 Å². The molecule has 2 aliphatic heterocycles. The Kier molecular flexibility index (Phi) is 3.95. The normalized spacial score (nSPS) is 18.7. The van der Waals surface area contributed by atoms with Crippen LogP contribution in [0.3, 0.4) is 0 Å². The van der Waals surface area contributed by atoms with Gasteiger partial charge in [-0.15, -0.1) is 0 Å². The van der Waals surface area contributed by atoms with Crippen molar-refractivity contribution in [2.45, 2.75) is 39.0 Å². The minimum Gasteiger partial charge on any atom is -0.458 e. The number of ether oxygens (including phenoxy) is 1. The van der Waals surface area contributed by atoms with Crippen LogP contribution in [0.1, 0.15) is 35.6 Å². The van der Waals surface area contributed by atoms with Gasteiger partial charge in [-0.25, -0.2) is 14.2 Å². The number of aromatic nitrogens is 4. The van der Waals surface area contributed by atoms with E-state index >= 15 is 0 Å². The quantitative estimate of drug-likeness (QED) is 0.404. The van der Waals surface area contributed by atoms with Crippen molar-refractivity contribution < 1.29 is 19.0 Å². The van der Waals surface area contributed by atoms with Gasteiger partial charge in [0.25, 0.3) is 5.56 Å². The summed E-state index contributed by atoms with van der Waals surface area (Å²) in [7, 11) is 0. The topological polar surface area (TPSA) is 110 Å². The standard InChI is InChI=1S/C24H19FN4O4/c1-3-24(32)16-5-19-21-14(9-29(19)22(30)15(16)10-33-23(24)31)20(12-7-26-27-8-12)13-4-11(2)17(25)6-18(13)28-21/h4-8,32H,3,9-10H2,1-2H3,(H,26,27)/t24-/m0/s1. The van der Waals surface area contributed by atoms with Crippen molar-refractivity contribution in [3.05, 3.63) is 69.0 Å². The Balaban J connectivity index is 1.71. The number of rotatable bonds is 2. The molecule has 0 amide bonds. The van der Waals surface area contributed by atoms with Crippen LogP contribution >= 0.6 is 0 Å². The molecule has 5 heterocycles. The third-order valence-electron chi connectivity index (χ3n) is 6.75. The van der Waals surface area contributed by atoms with Gasteiger partial charge < -0.3 is 14.4 Å². The van der Waals surface area contributed by atoms with Crippen molar-refractivity contribution in [1.29, 1.82) is 0 Å². The van der Waals surface area contributed by atoms with E-state index in [0.29, 0.717) is 22.5 Å². The number of carbonyl (C=O) groups excluding carboxylic acids is 1. The third-order valence-corrected chi connectivity index (χ3v) is 6.75. The molecule has 33 heavy (non-hydrogen) atoms. The monoisotopic (exact) mass is 446 g/mol. The minimum atomic E-state index is -1.90. The number of benzene rings is 1. The number of aryl methyl sites for hydroxylation is 1. The van der Waals surface area contributed by atoms with Crippen LogP contribution < -0.4 is 5.56 Å². The number of esters is 1. The number of carbonyl (C=O) groups is 1. The smallest absolute Gasteiger partial charge is 0.343 e. The van der Waals surface area contributed by atoms with Crippen molar-refractivity contribution >= 4 is 16.9 Å². The molecule has 0 unspecified atom stereocenters. The first-order chi connectivity index (χ1) is 15.8. The Bertz CT molecular complexity index is 1560. The van der Waals surface area contributed by atoms with Gasteiger partial charge in [-0.05, 0) is 31.0 Å². The summed E-state index contributed by atoms with van der Waals surface area (Å²) in [5, 5.41) is 18.7. The van der Waals surface area contributed by atoms with Gasteiger partial charge in [0.15, 0.2) is 5.60 Å². The molecule has 6 rings (SSSR count). The number of hydrogen-bond donors (Lipinski definition) is 2. The number of H-pyrrole nitrogens is 1. The molecule has 1 aromatic carbocycles. The van der Waals surface area contributed by atoms with E-state index in [1.54, 1.807) is 42.9 Å². The van der Waals surface area contributed by atoms with Gasteiger partial charge in [-0.1, -0.05) is 6.92 Å². The number of nitrogens with zero attached hydrogens (tertiary/aromatic N) is 3. The van der Waals surface area contributed by atoms with Crippen LogP contribution in [0, 0.1) is 12.7 Å². The number of hydrogen-bond acceptors (Lipinski definition) is 6. The molecule has 0 bridgehead atoms. The highest BCUT2D eigenvalue weighted by molar-refractivity contribution is 6.00. The van der Waals surface area contributed by atoms with Gasteiger partial charge in [0.2, 0.25) is 0 Å². The summed E-state index contributed by atoms with van der Waals surface area (Å²) in [4.78, 5) is 30.5. The predicted octanol–water partition coefficient (Wildman–Crippen LogP) is 2.92. The maximum atomic E-state index is 14.5. The first-order valence-electron chi connectivity index (χ1n) is 10.6. The lowest BCUT2D eigenvalue weighted by Gasteiger charge is -2.31. The second-order valence-electron chi connectivity index (χ2n) is 8.52. The molecule has 2 aliphatic rings. The third kappa shape index (κ3) is 2.53. The Hall–Kier alpha value is -3.85. The van der Waals surface area contributed by atoms with Crippen LogP contribution in [-0.4, -0.2) is 30.8 Å². The molecule has 0 saturated heterocycles. The van der Waals surface area contributed by atoms with Gasteiger partial charge in [0, 0.05) is 39.9 Å². The Labute approximate surface area is 186 Å². The van der Waals surface area contributed by atoms with Crippen LogP contribution in [-0.2, 0) is 28.3 Å². The van der Waals surface area contributed by atoms with E-state index in [2.05, 4.69) is 10.2 Å².